The number of rotatable bonds is 3. The van der Waals surface area contributed by atoms with Gasteiger partial charge >= 0.3 is 11.5 Å². The second-order valence-electron chi connectivity index (χ2n) is 3.18. The maximum atomic E-state index is 12.4. The number of hydrogen-bond acceptors (Lipinski definition) is 4. The van der Waals surface area contributed by atoms with Crippen LogP contribution in [-0.2, 0) is 4.74 Å². The van der Waals surface area contributed by atoms with Gasteiger partial charge in [0.05, 0.1) is 17.7 Å². The predicted molar refractivity (Wildman–Crippen MR) is 71.7 cm³/mol. The average molecular weight is 401 g/mol. The van der Waals surface area contributed by atoms with E-state index in [-0.39, 0.29) is 38.0 Å². The van der Waals surface area contributed by atoms with E-state index in [9.17, 15) is 18.0 Å². The van der Waals surface area contributed by atoms with Gasteiger partial charge in [-0.05, 0) is 53.4 Å². The van der Waals surface area contributed by atoms with E-state index in [0.717, 1.165) is 0 Å². The van der Waals surface area contributed by atoms with Gasteiger partial charge < -0.3 is 4.74 Å². The van der Waals surface area contributed by atoms with E-state index in [2.05, 4.69) is 0 Å². The van der Waals surface area contributed by atoms with E-state index in [1.54, 1.807) is 35.6 Å². The van der Waals surface area contributed by atoms with Gasteiger partial charge in [0.15, 0.2) is 0 Å². The molecule has 1 rings (SSSR count). The minimum Gasteiger partial charge on any atom is -0.462 e. The zero-order chi connectivity index (χ0) is 14.6. The van der Waals surface area contributed by atoms with Crippen LogP contribution in [0.5, 0.6) is 0 Å². The van der Waals surface area contributed by atoms with Crippen LogP contribution >= 0.6 is 34.4 Å². The van der Waals surface area contributed by atoms with Gasteiger partial charge in [-0.25, -0.2) is 4.79 Å². The number of carbonyl (C=O) groups is 1. The molecule has 0 bridgehead atoms. The van der Waals surface area contributed by atoms with Crippen LogP contribution in [0.4, 0.5) is 13.2 Å². The Labute approximate surface area is 125 Å². The lowest BCUT2D eigenvalue weighted by Crippen LogP contribution is -2.11. The third kappa shape index (κ3) is 4.28. The number of ether oxygens (including phenoxy) is 1. The molecule has 0 aliphatic rings. The molecule has 0 aromatic heterocycles. The summed E-state index contributed by atoms with van der Waals surface area (Å²) in [6, 6.07) is 4.12. The maximum Gasteiger partial charge on any atom is 0.446 e. The van der Waals surface area contributed by atoms with E-state index in [0.29, 0.717) is 0 Å². The fourth-order valence-corrected chi connectivity index (χ4v) is 2.85. The van der Waals surface area contributed by atoms with Crippen molar-refractivity contribution in [2.45, 2.75) is 17.3 Å². The van der Waals surface area contributed by atoms with Crippen LogP contribution in [0, 0.1) is 14.9 Å². The van der Waals surface area contributed by atoms with Crippen molar-refractivity contribution in [3.05, 3.63) is 26.8 Å². The van der Waals surface area contributed by atoms with Crippen LogP contribution in [-0.4, -0.2) is 18.1 Å². The Morgan fingerprint density at radius 3 is 2.63 bits per heavy atom. The molecule has 1 aromatic rings. The lowest BCUT2D eigenvalue weighted by molar-refractivity contribution is -0.0328. The van der Waals surface area contributed by atoms with Crippen LogP contribution in [0.25, 0.3) is 0 Å². The van der Waals surface area contributed by atoms with Gasteiger partial charge in [-0.3, -0.25) is 0 Å². The molecule has 0 saturated heterocycles. The third-order valence-electron chi connectivity index (χ3n) is 1.93. The van der Waals surface area contributed by atoms with Crippen molar-refractivity contribution in [2.75, 3.05) is 6.61 Å². The second kappa shape index (κ2) is 6.47. The molecule has 3 nitrogen and oxygen atoms in total. The summed E-state index contributed by atoms with van der Waals surface area (Å²) < 4.78 is 41.9. The van der Waals surface area contributed by atoms with Gasteiger partial charge in [0.1, 0.15) is 6.07 Å². The molecule has 0 aliphatic carbocycles. The molecular formula is C11H7F3INO2S. The van der Waals surface area contributed by atoms with Gasteiger partial charge in [-0.15, -0.1) is 0 Å². The fraction of sp³-hybridized carbons (Fsp3) is 0.273. The first-order valence-corrected chi connectivity index (χ1v) is 6.85. The molecule has 8 heteroatoms. The lowest BCUT2D eigenvalue weighted by Gasteiger charge is -2.12. The van der Waals surface area contributed by atoms with Gasteiger partial charge in [0.25, 0.3) is 0 Å². The molecule has 0 aliphatic heterocycles. The maximum absolute atomic E-state index is 12.4. The van der Waals surface area contributed by atoms with Crippen molar-refractivity contribution < 1.29 is 22.7 Å². The van der Waals surface area contributed by atoms with Crippen LogP contribution in [0.15, 0.2) is 17.0 Å². The Kier molecular flexibility index (Phi) is 5.49. The van der Waals surface area contributed by atoms with Crippen LogP contribution in [0.2, 0.25) is 0 Å². The number of nitriles is 1. The molecule has 0 fully saturated rings. The van der Waals surface area contributed by atoms with E-state index in [4.69, 9.17) is 10.00 Å². The Balaban J connectivity index is 3.31. The standard InChI is InChI=1S/C11H7F3INO2S/c1-2-18-10(17)8-6(5-16)3-4-7(9(8)15)19-11(12,13)14/h3-4H,2H2,1H3. The van der Waals surface area contributed by atoms with Crippen LogP contribution in [0.3, 0.4) is 0 Å². The number of nitrogens with zero attached hydrogens (tertiary/aromatic N) is 1. The minimum atomic E-state index is -4.46. The highest BCUT2D eigenvalue weighted by Gasteiger charge is 2.32. The highest BCUT2D eigenvalue weighted by atomic mass is 127. The zero-order valence-corrected chi connectivity index (χ0v) is 12.5. The highest BCUT2D eigenvalue weighted by Crippen LogP contribution is 2.40. The lowest BCUT2D eigenvalue weighted by atomic mass is 10.1. The topological polar surface area (TPSA) is 50.1 Å². The minimum absolute atomic E-state index is 0.00521. The molecule has 0 heterocycles. The van der Waals surface area contributed by atoms with E-state index in [1.807, 2.05) is 0 Å². The summed E-state index contributed by atoms with van der Waals surface area (Å²) in [7, 11) is 0. The molecule has 0 unspecified atom stereocenters. The first kappa shape index (κ1) is 16.1. The smallest absolute Gasteiger partial charge is 0.446 e. The molecule has 102 valence electrons. The summed E-state index contributed by atoms with van der Waals surface area (Å²) in [5, 5.41) is 8.89. The Bertz CT molecular complexity index is 540. The van der Waals surface area contributed by atoms with Gasteiger partial charge in [0, 0.05) is 8.47 Å². The number of alkyl halides is 3. The monoisotopic (exact) mass is 401 g/mol. The normalized spacial score (nSPS) is 10.9. The number of carbonyl (C=O) groups excluding carboxylic acids is 1. The molecular weight excluding hydrogens is 394 g/mol. The van der Waals surface area contributed by atoms with Crippen molar-refractivity contribution >= 4 is 40.3 Å². The molecule has 0 atom stereocenters. The summed E-state index contributed by atoms with van der Waals surface area (Å²) >= 11 is 1.28. The number of esters is 1. The Morgan fingerprint density at radius 2 is 2.16 bits per heavy atom. The highest BCUT2D eigenvalue weighted by molar-refractivity contribution is 14.1. The first-order chi connectivity index (χ1) is 8.80. The molecule has 0 saturated carbocycles. The number of halogens is 4. The van der Waals surface area contributed by atoms with E-state index >= 15 is 0 Å². The predicted octanol–water partition coefficient (Wildman–Crippen LogP) is 3.95. The van der Waals surface area contributed by atoms with Gasteiger partial charge in [0.2, 0.25) is 0 Å². The molecule has 0 spiro atoms. The molecule has 19 heavy (non-hydrogen) atoms. The van der Waals surface area contributed by atoms with Crippen molar-refractivity contribution in [3.63, 3.8) is 0 Å². The quantitative estimate of drug-likeness (QED) is 0.437. The van der Waals surface area contributed by atoms with Gasteiger partial charge in [-0.1, -0.05) is 0 Å². The molecule has 0 radical (unpaired) electrons. The van der Waals surface area contributed by atoms with E-state index < -0.39 is 11.5 Å². The Morgan fingerprint density at radius 1 is 1.53 bits per heavy atom. The molecule has 1 aromatic carbocycles. The summed E-state index contributed by atoms with van der Waals surface area (Å²) in [6.07, 6.45) is 0. The van der Waals surface area contributed by atoms with Crippen LogP contribution in [0.1, 0.15) is 22.8 Å². The number of hydrogen-bond donors (Lipinski definition) is 0. The van der Waals surface area contributed by atoms with Crippen molar-refractivity contribution in [3.8, 4) is 6.07 Å². The third-order valence-corrected chi connectivity index (χ3v) is 4.21. The summed E-state index contributed by atoms with van der Waals surface area (Å²) in [6.45, 7) is 1.65. The summed E-state index contributed by atoms with van der Waals surface area (Å²) in [5.41, 5.74) is -4.59. The summed E-state index contributed by atoms with van der Waals surface area (Å²) in [5.74, 6) is -0.798. The zero-order valence-electron chi connectivity index (χ0n) is 9.55. The van der Waals surface area contributed by atoms with Gasteiger partial charge in [-0.2, -0.15) is 18.4 Å². The van der Waals surface area contributed by atoms with E-state index in [1.165, 1.54) is 12.1 Å². The largest absolute Gasteiger partial charge is 0.462 e. The SMILES string of the molecule is CCOC(=O)c1c(C#N)ccc(SC(F)(F)F)c1I. The number of thioether (sulfide) groups is 1. The van der Waals surface area contributed by atoms with Crippen LogP contribution < -0.4 is 0 Å². The van der Waals surface area contributed by atoms with Crippen molar-refractivity contribution in [1.29, 1.82) is 5.26 Å². The average Bonchev–Trinajstić information content (AvgIpc) is 2.30. The Hall–Kier alpha value is -0.950. The summed E-state index contributed by atoms with van der Waals surface area (Å²) in [4.78, 5) is 11.6. The first-order valence-electron chi connectivity index (χ1n) is 4.95. The van der Waals surface area contributed by atoms with Crippen molar-refractivity contribution in [1.82, 2.24) is 0 Å². The molecule has 0 N–H and O–H groups in total. The van der Waals surface area contributed by atoms with Crippen molar-refractivity contribution in [2.24, 2.45) is 0 Å². The fourth-order valence-electron chi connectivity index (χ4n) is 1.26. The molecule has 0 amide bonds. The second-order valence-corrected chi connectivity index (χ2v) is 5.37. The number of benzene rings is 1.